The maximum atomic E-state index is 12.6. The lowest BCUT2D eigenvalue weighted by molar-refractivity contribution is 0.0524. The number of aliphatic hydroxyl groups excluding tert-OH is 1. The van der Waals surface area contributed by atoms with Gasteiger partial charge in [0.1, 0.15) is 0 Å². The number of benzene rings is 2. The summed E-state index contributed by atoms with van der Waals surface area (Å²) in [4.78, 5) is 26.6. The van der Waals surface area contributed by atoms with Crippen molar-refractivity contribution in [2.75, 3.05) is 0 Å². The number of rotatable bonds is 1. The summed E-state index contributed by atoms with van der Waals surface area (Å²) in [6.07, 6.45) is 0.612. The van der Waals surface area contributed by atoms with Crippen LogP contribution in [0.5, 0.6) is 0 Å². The molecule has 2 aromatic rings. The van der Waals surface area contributed by atoms with E-state index in [1.54, 1.807) is 24.3 Å². The van der Waals surface area contributed by atoms with Crippen molar-refractivity contribution in [3.63, 3.8) is 0 Å². The van der Waals surface area contributed by atoms with Crippen LogP contribution in [-0.4, -0.2) is 21.8 Å². The molecule has 4 rings (SSSR count). The summed E-state index contributed by atoms with van der Waals surface area (Å²) in [5, 5.41) is 10.1. The Labute approximate surface area is 128 Å². The van der Waals surface area contributed by atoms with Gasteiger partial charge in [0.25, 0.3) is 11.8 Å². The van der Waals surface area contributed by atoms with Gasteiger partial charge in [-0.25, -0.2) is 0 Å². The lowest BCUT2D eigenvalue weighted by atomic mass is 9.85. The number of carbonyl (C=O) groups is 2. The van der Waals surface area contributed by atoms with Crippen LogP contribution < -0.4 is 0 Å². The Morgan fingerprint density at radius 2 is 1.36 bits per heavy atom. The summed E-state index contributed by atoms with van der Waals surface area (Å²) in [7, 11) is 0. The molecule has 1 aliphatic carbocycles. The van der Waals surface area contributed by atoms with E-state index in [1.165, 1.54) is 4.90 Å². The highest BCUT2D eigenvalue weighted by Crippen LogP contribution is 2.42. The summed E-state index contributed by atoms with van der Waals surface area (Å²) in [6, 6.07) is 14.1. The van der Waals surface area contributed by atoms with Crippen LogP contribution in [-0.2, 0) is 0 Å². The fraction of sp³-hybridized carbons (Fsp3) is 0.222. The van der Waals surface area contributed by atoms with Crippen LogP contribution in [0.4, 0.5) is 0 Å². The SMILES string of the molecule is O=C1c2ccccc2C(=O)N1C1CC[C@@H](O)c2ccccc21. The molecule has 0 radical (unpaired) electrons. The minimum atomic E-state index is -0.525. The Morgan fingerprint density at radius 1 is 0.818 bits per heavy atom. The van der Waals surface area contributed by atoms with Gasteiger partial charge in [-0.15, -0.1) is 0 Å². The fourth-order valence-electron chi connectivity index (χ4n) is 3.50. The largest absolute Gasteiger partial charge is 0.388 e. The summed E-state index contributed by atoms with van der Waals surface area (Å²) in [6.45, 7) is 0. The van der Waals surface area contributed by atoms with E-state index in [9.17, 15) is 14.7 Å². The normalized spacial score (nSPS) is 23.4. The van der Waals surface area contributed by atoms with E-state index in [1.807, 2.05) is 24.3 Å². The Morgan fingerprint density at radius 3 is 2.00 bits per heavy atom. The second kappa shape index (κ2) is 4.78. The first-order chi connectivity index (χ1) is 10.7. The van der Waals surface area contributed by atoms with Gasteiger partial charge in [-0.2, -0.15) is 0 Å². The molecule has 4 nitrogen and oxygen atoms in total. The maximum Gasteiger partial charge on any atom is 0.262 e. The minimum absolute atomic E-state index is 0.239. The maximum absolute atomic E-state index is 12.6. The summed E-state index contributed by atoms with van der Waals surface area (Å²) >= 11 is 0. The van der Waals surface area contributed by atoms with E-state index in [-0.39, 0.29) is 17.9 Å². The van der Waals surface area contributed by atoms with Gasteiger partial charge >= 0.3 is 0 Å². The minimum Gasteiger partial charge on any atom is -0.388 e. The average molecular weight is 293 g/mol. The summed E-state index contributed by atoms with van der Waals surface area (Å²) < 4.78 is 0. The van der Waals surface area contributed by atoms with Crippen LogP contribution in [0.15, 0.2) is 48.5 Å². The van der Waals surface area contributed by atoms with Gasteiger partial charge < -0.3 is 5.11 Å². The highest BCUT2D eigenvalue weighted by molar-refractivity contribution is 6.21. The van der Waals surface area contributed by atoms with Gasteiger partial charge in [-0.3, -0.25) is 14.5 Å². The Bertz CT molecular complexity index is 748. The molecular formula is C18H15NO3. The Hall–Kier alpha value is -2.46. The number of fused-ring (bicyclic) bond motifs is 2. The van der Waals surface area contributed by atoms with E-state index in [4.69, 9.17) is 0 Å². The molecular weight excluding hydrogens is 278 g/mol. The molecule has 4 heteroatoms. The quantitative estimate of drug-likeness (QED) is 0.823. The van der Waals surface area contributed by atoms with Crippen molar-refractivity contribution in [1.29, 1.82) is 0 Å². The molecule has 110 valence electrons. The van der Waals surface area contributed by atoms with Gasteiger partial charge in [0, 0.05) is 0 Å². The highest BCUT2D eigenvalue weighted by Gasteiger charge is 2.42. The molecule has 0 bridgehead atoms. The molecule has 1 unspecified atom stereocenters. The second-order valence-corrected chi connectivity index (χ2v) is 5.76. The monoisotopic (exact) mass is 293 g/mol. The number of hydrogen-bond acceptors (Lipinski definition) is 3. The predicted molar refractivity (Wildman–Crippen MR) is 80.3 cm³/mol. The van der Waals surface area contributed by atoms with Gasteiger partial charge in [0.15, 0.2) is 0 Å². The third-order valence-electron chi connectivity index (χ3n) is 4.56. The summed E-state index contributed by atoms with van der Waals surface area (Å²) in [5.41, 5.74) is 2.62. The first-order valence-corrected chi connectivity index (χ1v) is 7.42. The van der Waals surface area contributed by atoms with Gasteiger partial charge in [-0.05, 0) is 36.1 Å². The van der Waals surface area contributed by atoms with E-state index < -0.39 is 6.10 Å². The molecule has 2 amide bonds. The molecule has 0 fully saturated rings. The zero-order valence-electron chi connectivity index (χ0n) is 11.9. The number of amides is 2. The molecule has 1 aliphatic heterocycles. The van der Waals surface area contributed by atoms with E-state index in [2.05, 4.69) is 0 Å². The fourth-order valence-corrected chi connectivity index (χ4v) is 3.50. The van der Waals surface area contributed by atoms with Crippen LogP contribution in [0.3, 0.4) is 0 Å². The molecule has 2 aromatic carbocycles. The lowest BCUT2D eigenvalue weighted by Crippen LogP contribution is -2.36. The molecule has 2 atom stereocenters. The van der Waals surface area contributed by atoms with Crippen LogP contribution >= 0.6 is 0 Å². The van der Waals surface area contributed by atoms with E-state index in [0.717, 1.165) is 11.1 Å². The summed E-state index contributed by atoms with van der Waals surface area (Å²) in [5.74, 6) is -0.478. The number of imide groups is 1. The topological polar surface area (TPSA) is 57.6 Å². The number of aliphatic hydroxyl groups is 1. The lowest BCUT2D eigenvalue weighted by Gasteiger charge is -2.33. The smallest absolute Gasteiger partial charge is 0.262 e. The standard InChI is InChI=1S/C18H15NO3/c20-16-10-9-15(11-5-1-2-6-12(11)16)19-17(21)13-7-3-4-8-14(13)18(19)22/h1-8,15-16,20H,9-10H2/t15?,16-/m1/s1. The van der Waals surface area contributed by atoms with Crippen molar-refractivity contribution >= 4 is 11.8 Å². The molecule has 1 N–H and O–H groups in total. The molecule has 0 saturated heterocycles. The van der Waals surface area contributed by atoms with Gasteiger partial charge in [0.05, 0.1) is 23.3 Å². The Kier molecular flexibility index (Phi) is 2.87. The molecule has 1 heterocycles. The van der Waals surface area contributed by atoms with Crippen LogP contribution in [0.1, 0.15) is 56.8 Å². The zero-order chi connectivity index (χ0) is 15.3. The van der Waals surface area contributed by atoms with Crippen molar-refractivity contribution in [1.82, 2.24) is 4.90 Å². The van der Waals surface area contributed by atoms with E-state index in [0.29, 0.717) is 24.0 Å². The van der Waals surface area contributed by atoms with Crippen molar-refractivity contribution in [2.24, 2.45) is 0 Å². The van der Waals surface area contributed by atoms with Crippen molar-refractivity contribution in [3.8, 4) is 0 Å². The van der Waals surface area contributed by atoms with E-state index >= 15 is 0 Å². The van der Waals surface area contributed by atoms with Gasteiger partial charge in [0.2, 0.25) is 0 Å². The first-order valence-electron chi connectivity index (χ1n) is 7.42. The van der Waals surface area contributed by atoms with Crippen molar-refractivity contribution in [2.45, 2.75) is 25.0 Å². The van der Waals surface area contributed by atoms with Crippen molar-refractivity contribution < 1.29 is 14.7 Å². The van der Waals surface area contributed by atoms with Crippen LogP contribution in [0, 0.1) is 0 Å². The number of hydrogen-bond donors (Lipinski definition) is 1. The molecule has 0 saturated carbocycles. The van der Waals surface area contributed by atoms with Crippen LogP contribution in [0.2, 0.25) is 0 Å². The number of nitrogens with zero attached hydrogens (tertiary/aromatic N) is 1. The average Bonchev–Trinajstić information content (AvgIpc) is 2.81. The molecule has 0 spiro atoms. The van der Waals surface area contributed by atoms with Crippen LogP contribution in [0.25, 0.3) is 0 Å². The first kappa shape index (κ1) is 13.2. The van der Waals surface area contributed by atoms with Crippen molar-refractivity contribution in [3.05, 3.63) is 70.8 Å². The number of carbonyl (C=O) groups excluding carboxylic acids is 2. The second-order valence-electron chi connectivity index (χ2n) is 5.76. The molecule has 0 aromatic heterocycles. The predicted octanol–water partition coefficient (Wildman–Crippen LogP) is 2.85. The zero-order valence-corrected chi connectivity index (χ0v) is 11.9. The molecule has 2 aliphatic rings. The highest BCUT2D eigenvalue weighted by atomic mass is 16.3. The Balaban J connectivity index is 1.80. The third-order valence-corrected chi connectivity index (χ3v) is 4.56. The molecule has 22 heavy (non-hydrogen) atoms. The third kappa shape index (κ3) is 1.74. The van der Waals surface area contributed by atoms with Gasteiger partial charge in [-0.1, -0.05) is 36.4 Å².